The van der Waals surface area contributed by atoms with Gasteiger partial charge in [-0.05, 0) is 30.7 Å². The molecule has 0 aromatic heterocycles. The van der Waals surface area contributed by atoms with Crippen molar-refractivity contribution < 1.29 is 18.1 Å². The van der Waals surface area contributed by atoms with Gasteiger partial charge < -0.3 is 4.90 Å². The SMILES string of the molecule is CCN(CC)S(=O)(=O)c1cc(C(=O)N(C)C(C)c2cccc([N+](=O)[O-])c2)ccc1Cl. The van der Waals surface area contributed by atoms with Gasteiger partial charge in [-0.15, -0.1) is 0 Å². The third-order valence-corrected chi connectivity index (χ3v) is 7.50. The fourth-order valence-electron chi connectivity index (χ4n) is 3.04. The molecule has 0 fully saturated rings. The summed E-state index contributed by atoms with van der Waals surface area (Å²) in [6.45, 7) is 5.73. The molecule has 1 atom stereocenters. The molecule has 0 saturated carbocycles. The van der Waals surface area contributed by atoms with Crippen LogP contribution in [0, 0.1) is 10.1 Å². The predicted octanol–water partition coefficient (Wildman–Crippen LogP) is 4.11. The quantitative estimate of drug-likeness (QED) is 0.442. The summed E-state index contributed by atoms with van der Waals surface area (Å²) in [5.74, 6) is -0.429. The van der Waals surface area contributed by atoms with Crippen molar-refractivity contribution in [2.45, 2.75) is 31.7 Å². The Morgan fingerprint density at radius 3 is 2.37 bits per heavy atom. The number of halogens is 1. The molecule has 10 heteroatoms. The number of hydrogen-bond donors (Lipinski definition) is 0. The number of hydrogen-bond acceptors (Lipinski definition) is 5. The minimum Gasteiger partial charge on any atom is -0.335 e. The number of carbonyl (C=O) groups is 1. The zero-order chi connectivity index (χ0) is 22.6. The van der Waals surface area contributed by atoms with E-state index >= 15 is 0 Å². The summed E-state index contributed by atoms with van der Waals surface area (Å²) >= 11 is 6.13. The molecule has 2 aromatic carbocycles. The first-order chi connectivity index (χ1) is 14.0. The summed E-state index contributed by atoms with van der Waals surface area (Å²) in [5, 5.41) is 11.1. The Bertz CT molecular complexity index is 1050. The second-order valence-electron chi connectivity index (χ2n) is 6.68. The van der Waals surface area contributed by atoms with Crippen LogP contribution in [0.4, 0.5) is 5.69 Å². The van der Waals surface area contributed by atoms with Gasteiger partial charge in [0.25, 0.3) is 11.6 Å². The molecule has 0 heterocycles. The van der Waals surface area contributed by atoms with Gasteiger partial charge in [0.1, 0.15) is 4.90 Å². The molecule has 30 heavy (non-hydrogen) atoms. The molecule has 0 N–H and O–H groups in total. The lowest BCUT2D eigenvalue weighted by Crippen LogP contribution is -2.32. The lowest BCUT2D eigenvalue weighted by Gasteiger charge is -2.26. The molecule has 8 nitrogen and oxygen atoms in total. The minimum absolute atomic E-state index is 0.0350. The van der Waals surface area contributed by atoms with Crippen LogP contribution in [0.5, 0.6) is 0 Å². The molecule has 0 spiro atoms. The first-order valence-corrected chi connectivity index (χ1v) is 11.2. The van der Waals surface area contributed by atoms with Crippen molar-refractivity contribution in [2.75, 3.05) is 20.1 Å². The van der Waals surface area contributed by atoms with Gasteiger partial charge in [0.15, 0.2) is 0 Å². The number of amides is 1. The van der Waals surface area contributed by atoms with Crippen molar-refractivity contribution in [3.8, 4) is 0 Å². The summed E-state index contributed by atoms with van der Waals surface area (Å²) in [4.78, 5) is 24.8. The highest BCUT2D eigenvalue weighted by Crippen LogP contribution is 2.28. The smallest absolute Gasteiger partial charge is 0.269 e. The molecule has 0 saturated heterocycles. The molecule has 0 radical (unpaired) electrons. The zero-order valence-corrected chi connectivity index (χ0v) is 18.8. The Morgan fingerprint density at radius 1 is 1.17 bits per heavy atom. The number of benzene rings is 2. The fraction of sp³-hybridized carbons (Fsp3) is 0.350. The summed E-state index contributed by atoms with van der Waals surface area (Å²) in [6.07, 6.45) is 0. The molecule has 2 rings (SSSR count). The maximum absolute atomic E-state index is 13.0. The van der Waals surface area contributed by atoms with E-state index in [0.717, 1.165) is 0 Å². The van der Waals surface area contributed by atoms with Crippen LogP contribution in [0.15, 0.2) is 47.4 Å². The van der Waals surface area contributed by atoms with Gasteiger partial charge >= 0.3 is 0 Å². The van der Waals surface area contributed by atoms with Crippen LogP contribution in [0.1, 0.15) is 42.7 Å². The number of nitro groups is 1. The number of rotatable bonds is 8. The number of nitro benzene ring substituents is 1. The van der Waals surface area contributed by atoms with Crippen molar-refractivity contribution in [3.05, 3.63) is 68.7 Å². The van der Waals surface area contributed by atoms with E-state index in [-0.39, 0.29) is 34.3 Å². The lowest BCUT2D eigenvalue weighted by atomic mass is 10.1. The van der Waals surface area contributed by atoms with E-state index in [1.54, 1.807) is 40.0 Å². The largest absolute Gasteiger partial charge is 0.335 e. The molecule has 1 unspecified atom stereocenters. The Morgan fingerprint density at radius 2 is 1.80 bits per heavy atom. The first-order valence-electron chi connectivity index (χ1n) is 9.35. The van der Waals surface area contributed by atoms with Crippen molar-refractivity contribution >= 4 is 33.2 Å². The summed E-state index contributed by atoms with van der Waals surface area (Å²) in [5.41, 5.74) is 0.675. The molecule has 1 amide bonds. The number of nitrogens with zero attached hydrogens (tertiary/aromatic N) is 3. The van der Waals surface area contributed by atoms with Gasteiger partial charge in [0.2, 0.25) is 10.0 Å². The van der Waals surface area contributed by atoms with Crippen LogP contribution in [-0.2, 0) is 10.0 Å². The van der Waals surface area contributed by atoms with Gasteiger partial charge in [0.05, 0.1) is 16.0 Å². The molecule has 0 aliphatic carbocycles. The Hall–Kier alpha value is -2.49. The zero-order valence-electron chi connectivity index (χ0n) is 17.2. The fourth-order valence-corrected chi connectivity index (χ4v) is 5.00. The van der Waals surface area contributed by atoms with E-state index in [9.17, 15) is 23.3 Å². The van der Waals surface area contributed by atoms with E-state index < -0.39 is 26.9 Å². The van der Waals surface area contributed by atoms with Crippen molar-refractivity contribution in [1.29, 1.82) is 0 Å². The summed E-state index contributed by atoms with van der Waals surface area (Å²) in [6, 6.07) is 9.68. The molecule has 0 bridgehead atoms. The normalized spacial score (nSPS) is 12.6. The third-order valence-electron chi connectivity index (χ3n) is 4.97. The average Bonchev–Trinajstić information content (AvgIpc) is 2.73. The Balaban J connectivity index is 2.39. The molecule has 0 aliphatic rings. The van der Waals surface area contributed by atoms with Crippen LogP contribution in [0.2, 0.25) is 5.02 Å². The van der Waals surface area contributed by atoms with Crippen LogP contribution in [0.25, 0.3) is 0 Å². The third kappa shape index (κ3) is 4.80. The highest BCUT2D eigenvalue weighted by atomic mass is 35.5. The molecular weight excluding hydrogens is 430 g/mol. The average molecular weight is 454 g/mol. The monoisotopic (exact) mass is 453 g/mol. The second kappa shape index (κ2) is 9.55. The molecule has 0 aliphatic heterocycles. The number of carbonyl (C=O) groups excluding carboxylic acids is 1. The van der Waals surface area contributed by atoms with Gasteiger partial charge in [-0.2, -0.15) is 4.31 Å². The van der Waals surface area contributed by atoms with Crippen molar-refractivity contribution in [1.82, 2.24) is 9.21 Å². The van der Waals surface area contributed by atoms with Gasteiger partial charge in [-0.3, -0.25) is 14.9 Å². The Labute approximate surface area is 181 Å². The number of non-ortho nitro benzene ring substituents is 1. The van der Waals surface area contributed by atoms with Crippen LogP contribution < -0.4 is 0 Å². The van der Waals surface area contributed by atoms with Gasteiger partial charge in [-0.25, -0.2) is 8.42 Å². The number of sulfonamides is 1. The first kappa shape index (κ1) is 23.8. The van der Waals surface area contributed by atoms with Gasteiger partial charge in [0, 0.05) is 37.8 Å². The van der Waals surface area contributed by atoms with E-state index in [0.29, 0.717) is 5.56 Å². The second-order valence-corrected chi connectivity index (χ2v) is 8.99. The maximum atomic E-state index is 13.0. The van der Waals surface area contributed by atoms with Crippen molar-refractivity contribution in [2.24, 2.45) is 0 Å². The molecule has 162 valence electrons. The van der Waals surface area contributed by atoms with E-state index in [1.807, 2.05) is 0 Å². The minimum atomic E-state index is -3.85. The summed E-state index contributed by atoms with van der Waals surface area (Å²) in [7, 11) is -2.29. The predicted molar refractivity (Wildman–Crippen MR) is 115 cm³/mol. The van der Waals surface area contributed by atoms with Crippen LogP contribution in [0.3, 0.4) is 0 Å². The van der Waals surface area contributed by atoms with E-state index in [1.165, 1.54) is 39.5 Å². The van der Waals surface area contributed by atoms with Crippen LogP contribution >= 0.6 is 11.6 Å². The van der Waals surface area contributed by atoms with Crippen molar-refractivity contribution in [3.63, 3.8) is 0 Å². The van der Waals surface area contributed by atoms with E-state index in [2.05, 4.69) is 0 Å². The topological polar surface area (TPSA) is 101 Å². The highest BCUT2D eigenvalue weighted by Gasteiger charge is 2.27. The molecule has 2 aromatic rings. The summed E-state index contributed by atoms with van der Waals surface area (Å²) < 4.78 is 27.0. The standard InChI is InChI=1S/C20H24ClN3O5S/c1-5-23(6-2)30(28,29)19-13-16(10-11-18(19)21)20(25)22(4)14(3)15-8-7-9-17(12-15)24(26)27/h7-14H,5-6H2,1-4H3. The Kier molecular flexibility index (Phi) is 7.57. The van der Waals surface area contributed by atoms with Gasteiger partial charge in [-0.1, -0.05) is 37.6 Å². The van der Waals surface area contributed by atoms with Crippen LogP contribution in [-0.4, -0.2) is 48.6 Å². The van der Waals surface area contributed by atoms with E-state index in [4.69, 9.17) is 11.6 Å². The maximum Gasteiger partial charge on any atom is 0.269 e. The highest BCUT2D eigenvalue weighted by molar-refractivity contribution is 7.89. The lowest BCUT2D eigenvalue weighted by molar-refractivity contribution is -0.384. The molecular formula is C20H24ClN3O5S.